The van der Waals surface area contributed by atoms with E-state index in [1.54, 1.807) is 0 Å². The van der Waals surface area contributed by atoms with Crippen molar-refractivity contribution < 1.29 is 9.59 Å². The molecule has 1 spiro atoms. The Labute approximate surface area is 172 Å². The number of imide groups is 1. The lowest BCUT2D eigenvalue weighted by Crippen LogP contribution is -2.45. The maximum Gasteiger partial charge on any atom is 0.325 e. The quantitative estimate of drug-likeness (QED) is 0.750. The molecular formula is C24H29N3O2. The molecular weight excluding hydrogens is 362 g/mol. The standard InChI is InChI=1S/C24H29N3O2/c1-17(19-9-8-18-6-2-3-7-20(18)16-19)26(21-10-11-21)14-15-27-22(28)24(25-23(27)29)12-4-5-13-24/h2-3,6-9,16-17,21H,4-5,10-15H2,1H3,(H,25,29). The summed E-state index contributed by atoms with van der Waals surface area (Å²) in [5.41, 5.74) is 0.686. The Hall–Kier alpha value is -2.40. The maximum atomic E-state index is 12.9. The van der Waals surface area contributed by atoms with Crippen LogP contribution in [0.1, 0.15) is 57.1 Å². The smallest absolute Gasteiger partial charge is 0.323 e. The van der Waals surface area contributed by atoms with Gasteiger partial charge >= 0.3 is 6.03 Å². The zero-order valence-corrected chi connectivity index (χ0v) is 17.1. The topological polar surface area (TPSA) is 52.6 Å². The zero-order valence-electron chi connectivity index (χ0n) is 17.1. The average Bonchev–Trinajstić information content (AvgIpc) is 3.42. The third-order valence-corrected chi connectivity index (χ3v) is 7.05. The van der Waals surface area contributed by atoms with Crippen molar-refractivity contribution in [2.45, 2.75) is 63.1 Å². The Balaban J connectivity index is 1.31. The van der Waals surface area contributed by atoms with E-state index in [-0.39, 0.29) is 18.0 Å². The van der Waals surface area contributed by atoms with Gasteiger partial charge < -0.3 is 5.32 Å². The summed E-state index contributed by atoms with van der Waals surface area (Å²) < 4.78 is 0. The normalized spacial score (nSPS) is 22.1. The number of nitrogens with zero attached hydrogens (tertiary/aromatic N) is 2. The van der Waals surface area contributed by atoms with E-state index in [4.69, 9.17) is 0 Å². The van der Waals surface area contributed by atoms with E-state index in [9.17, 15) is 9.59 Å². The predicted molar refractivity (Wildman–Crippen MR) is 114 cm³/mol. The minimum absolute atomic E-state index is 0.00546. The molecule has 152 valence electrons. The van der Waals surface area contributed by atoms with Crippen molar-refractivity contribution >= 4 is 22.7 Å². The van der Waals surface area contributed by atoms with Gasteiger partial charge in [0.2, 0.25) is 0 Å². The average molecular weight is 392 g/mol. The Morgan fingerprint density at radius 2 is 1.83 bits per heavy atom. The summed E-state index contributed by atoms with van der Waals surface area (Å²) >= 11 is 0. The molecule has 5 rings (SSSR count). The molecule has 2 aromatic rings. The molecule has 0 bridgehead atoms. The summed E-state index contributed by atoms with van der Waals surface area (Å²) in [6, 6.07) is 15.7. The van der Waals surface area contributed by atoms with Gasteiger partial charge in [-0.05, 0) is 55.0 Å². The lowest BCUT2D eigenvalue weighted by molar-refractivity contribution is -0.131. The number of carbonyl (C=O) groups excluding carboxylic acids is 2. The molecule has 1 aliphatic heterocycles. The zero-order chi connectivity index (χ0) is 20.0. The molecule has 2 aromatic carbocycles. The van der Waals surface area contributed by atoms with Gasteiger partial charge in [-0.25, -0.2) is 4.79 Å². The summed E-state index contributed by atoms with van der Waals surface area (Å²) in [6.45, 7) is 3.45. The predicted octanol–water partition coefficient (Wildman–Crippen LogP) is 4.23. The monoisotopic (exact) mass is 391 g/mol. The first-order chi connectivity index (χ1) is 14.1. The van der Waals surface area contributed by atoms with Gasteiger partial charge in [0.25, 0.3) is 5.91 Å². The van der Waals surface area contributed by atoms with Crippen LogP contribution in [-0.2, 0) is 4.79 Å². The minimum Gasteiger partial charge on any atom is -0.323 e. The van der Waals surface area contributed by atoms with Crippen LogP contribution in [0, 0.1) is 0 Å². The number of hydrogen-bond acceptors (Lipinski definition) is 3. The highest BCUT2D eigenvalue weighted by atomic mass is 16.2. The third-order valence-electron chi connectivity index (χ3n) is 7.05. The molecule has 2 aliphatic carbocycles. The van der Waals surface area contributed by atoms with E-state index in [1.807, 2.05) is 0 Å². The molecule has 0 aromatic heterocycles. The molecule has 3 aliphatic rings. The van der Waals surface area contributed by atoms with Crippen LogP contribution >= 0.6 is 0 Å². The number of benzene rings is 2. The van der Waals surface area contributed by atoms with Gasteiger partial charge in [-0.1, -0.05) is 49.2 Å². The first-order valence-corrected chi connectivity index (χ1v) is 11.0. The van der Waals surface area contributed by atoms with Crippen LogP contribution in [0.3, 0.4) is 0 Å². The molecule has 29 heavy (non-hydrogen) atoms. The first kappa shape index (κ1) is 18.6. The van der Waals surface area contributed by atoms with Crippen LogP contribution in [0.5, 0.6) is 0 Å². The number of amides is 3. The van der Waals surface area contributed by atoms with Gasteiger partial charge in [0, 0.05) is 25.2 Å². The van der Waals surface area contributed by atoms with Gasteiger partial charge in [0.15, 0.2) is 0 Å². The van der Waals surface area contributed by atoms with Crippen molar-refractivity contribution in [3.8, 4) is 0 Å². The molecule has 1 unspecified atom stereocenters. The number of fused-ring (bicyclic) bond motifs is 1. The van der Waals surface area contributed by atoms with E-state index >= 15 is 0 Å². The summed E-state index contributed by atoms with van der Waals surface area (Å²) in [5, 5.41) is 5.50. The largest absolute Gasteiger partial charge is 0.325 e. The van der Waals surface area contributed by atoms with E-state index in [1.165, 1.54) is 34.1 Å². The first-order valence-electron chi connectivity index (χ1n) is 11.0. The molecule has 1 heterocycles. The van der Waals surface area contributed by atoms with Crippen molar-refractivity contribution in [1.82, 2.24) is 15.1 Å². The van der Waals surface area contributed by atoms with Gasteiger partial charge in [-0.2, -0.15) is 0 Å². The van der Waals surface area contributed by atoms with E-state index < -0.39 is 5.54 Å². The van der Waals surface area contributed by atoms with Crippen molar-refractivity contribution in [2.75, 3.05) is 13.1 Å². The summed E-state index contributed by atoms with van der Waals surface area (Å²) in [5.74, 6) is -0.00546. The highest BCUT2D eigenvalue weighted by Crippen LogP contribution is 2.37. The Kier molecular flexibility index (Phi) is 4.58. The maximum absolute atomic E-state index is 12.9. The Morgan fingerprint density at radius 1 is 1.10 bits per heavy atom. The molecule has 5 heteroatoms. The molecule has 2 saturated carbocycles. The highest BCUT2D eigenvalue weighted by Gasteiger charge is 2.52. The number of nitrogens with one attached hydrogen (secondary N) is 1. The fourth-order valence-corrected chi connectivity index (χ4v) is 5.17. The van der Waals surface area contributed by atoms with Gasteiger partial charge in [-0.3, -0.25) is 14.6 Å². The van der Waals surface area contributed by atoms with Crippen LogP contribution in [0.15, 0.2) is 42.5 Å². The summed E-state index contributed by atoms with van der Waals surface area (Å²) in [7, 11) is 0. The molecule has 3 amide bonds. The second kappa shape index (κ2) is 7.13. The second-order valence-electron chi connectivity index (χ2n) is 8.93. The van der Waals surface area contributed by atoms with Crippen LogP contribution in [0.2, 0.25) is 0 Å². The van der Waals surface area contributed by atoms with Gasteiger partial charge in [0.1, 0.15) is 5.54 Å². The fraction of sp³-hybridized carbons (Fsp3) is 0.500. The number of carbonyl (C=O) groups is 2. The second-order valence-corrected chi connectivity index (χ2v) is 8.93. The van der Waals surface area contributed by atoms with Gasteiger partial charge in [-0.15, -0.1) is 0 Å². The molecule has 0 radical (unpaired) electrons. The third kappa shape index (κ3) is 3.31. The molecule has 5 nitrogen and oxygen atoms in total. The van der Waals surface area contributed by atoms with E-state index in [2.05, 4.69) is 59.6 Å². The molecule has 1 saturated heterocycles. The lowest BCUT2D eigenvalue weighted by Gasteiger charge is -2.31. The highest BCUT2D eigenvalue weighted by molar-refractivity contribution is 6.07. The number of rotatable bonds is 6. The Bertz CT molecular complexity index is 946. The molecule has 1 N–H and O–H groups in total. The summed E-state index contributed by atoms with van der Waals surface area (Å²) in [6.07, 6.45) is 6.01. The molecule has 1 atom stereocenters. The fourth-order valence-electron chi connectivity index (χ4n) is 5.17. The van der Waals surface area contributed by atoms with Crippen LogP contribution < -0.4 is 5.32 Å². The van der Waals surface area contributed by atoms with Crippen LogP contribution in [0.25, 0.3) is 10.8 Å². The lowest BCUT2D eigenvalue weighted by atomic mass is 9.98. The van der Waals surface area contributed by atoms with Crippen molar-refractivity contribution in [2.24, 2.45) is 0 Å². The summed E-state index contributed by atoms with van der Waals surface area (Å²) in [4.78, 5) is 29.4. The number of urea groups is 1. The van der Waals surface area contributed by atoms with Gasteiger partial charge in [0.05, 0.1) is 0 Å². The van der Waals surface area contributed by atoms with Crippen LogP contribution in [-0.4, -0.2) is 46.4 Å². The molecule has 3 fully saturated rings. The van der Waals surface area contributed by atoms with E-state index in [0.29, 0.717) is 12.6 Å². The SMILES string of the molecule is CC(c1ccc2ccccc2c1)N(CCN1C(=O)NC2(CCCC2)C1=O)C1CC1. The van der Waals surface area contributed by atoms with Crippen molar-refractivity contribution in [3.63, 3.8) is 0 Å². The van der Waals surface area contributed by atoms with Crippen LogP contribution in [0.4, 0.5) is 4.79 Å². The van der Waals surface area contributed by atoms with Crippen molar-refractivity contribution in [3.05, 3.63) is 48.0 Å². The van der Waals surface area contributed by atoms with E-state index in [0.717, 1.165) is 32.2 Å². The Morgan fingerprint density at radius 3 is 2.55 bits per heavy atom. The number of hydrogen-bond donors (Lipinski definition) is 1. The van der Waals surface area contributed by atoms with Crippen molar-refractivity contribution in [1.29, 1.82) is 0 Å². The minimum atomic E-state index is -0.606.